The van der Waals surface area contributed by atoms with Crippen molar-refractivity contribution in [3.8, 4) is 0 Å². The van der Waals surface area contributed by atoms with Crippen LogP contribution in [0.1, 0.15) is 86.0 Å². The van der Waals surface area contributed by atoms with Gasteiger partial charge in [-0.2, -0.15) is 0 Å². The fraction of sp³-hybridized carbons (Fsp3) is 1.00. The molecule has 0 aromatic heterocycles. The van der Waals surface area contributed by atoms with Crippen molar-refractivity contribution in [2.24, 2.45) is 17.8 Å². The highest BCUT2D eigenvalue weighted by atomic mass is 14.9. The molecule has 0 radical (unpaired) electrons. The Kier molecular flexibility index (Phi) is 7.42. The van der Waals surface area contributed by atoms with Crippen molar-refractivity contribution in [2.45, 2.75) is 91.5 Å². The summed E-state index contributed by atoms with van der Waals surface area (Å²) in [7, 11) is 0. The summed E-state index contributed by atoms with van der Waals surface area (Å²) >= 11 is 0. The first-order chi connectivity index (χ1) is 8.96. The molecule has 1 rings (SSSR count). The SMILES string of the molecule is CCC(CC)CC1CCCCCC1CNC(C)(C)C. The van der Waals surface area contributed by atoms with Crippen molar-refractivity contribution in [2.75, 3.05) is 6.54 Å². The second-order valence-corrected chi connectivity index (χ2v) is 7.71. The Morgan fingerprint density at radius 2 is 1.53 bits per heavy atom. The smallest absolute Gasteiger partial charge is 0.00966 e. The summed E-state index contributed by atoms with van der Waals surface area (Å²) in [6.45, 7) is 12.8. The second-order valence-electron chi connectivity index (χ2n) is 7.71. The minimum atomic E-state index is 0.270. The molecular formula is C18H37N. The fourth-order valence-electron chi connectivity index (χ4n) is 3.53. The Hall–Kier alpha value is -0.0400. The van der Waals surface area contributed by atoms with Gasteiger partial charge in [-0.1, -0.05) is 52.4 Å². The molecule has 2 atom stereocenters. The van der Waals surface area contributed by atoms with Gasteiger partial charge in [0.15, 0.2) is 0 Å². The zero-order chi connectivity index (χ0) is 14.3. The van der Waals surface area contributed by atoms with Crippen molar-refractivity contribution in [1.82, 2.24) is 5.32 Å². The molecule has 1 aliphatic rings. The van der Waals surface area contributed by atoms with Gasteiger partial charge in [0, 0.05) is 5.54 Å². The quantitative estimate of drug-likeness (QED) is 0.636. The molecule has 1 nitrogen and oxygen atoms in total. The van der Waals surface area contributed by atoms with E-state index >= 15 is 0 Å². The van der Waals surface area contributed by atoms with Crippen molar-refractivity contribution >= 4 is 0 Å². The maximum absolute atomic E-state index is 3.76. The van der Waals surface area contributed by atoms with Gasteiger partial charge < -0.3 is 5.32 Å². The van der Waals surface area contributed by atoms with Gasteiger partial charge in [-0.15, -0.1) is 0 Å². The van der Waals surface area contributed by atoms with Gasteiger partial charge in [0.2, 0.25) is 0 Å². The van der Waals surface area contributed by atoms with Crippen molar-refractivity contribution in [3.63, 3.8) is 0 Å². The van der Waals surface area contributed by atoms with Crippen molar-refractivity contribution in [1.29, 1.82) is 0 Å². The first-order valence-corrected chi connectivity index (χ1v) is 8.71. The van der Waals surface area contributed by atoms with Crippen LogP contribution in [0.25, 0.3) is 0 Å². The molecule has 0 spiro atoms. The van der Waals surface area contributed by atoms with Gasteiger partial charge in [-0.25, -0.2) is 0 Å². The first kappa shape index (κ1) is 17.0. The normalized spacial score (nSPS) is 25.6. The summed E-state index contributed by atoms with van der Waals surface area (Å²) in [4.78, 5) is 0. The summed E-state index contributed by atoms with van der Waals surface area (Å²) in [5.74, 6) is 2.85. The summed E-state index contributed by atoms with van der Waals surface area (Å²) in [5, 5.41) is 3.76. The Labute approximate surface area is 121 Å². The molecular weight excluding hydrogens is 230 g/mol. The van der Waals surface area contributed by atoms with E-state index < -0.39 is 0 Å². The molecule has 0 heterocycles. The van der Waals surface area contributed by atoms with Crippen LogP contribution in [0.5, 0.6) is 0 Å². The van der Waals surface area contributed by atoms with Crippen LogP contribution in [0.2, 0.25) is 0 Å². The van der Waals surface area contributed by atoms with Crippen LogP contribution in [-0.2, 0) is 0 Å². The van der Waals surface area contributed by atoms with Crippen molar-refractivity contribution < 1.29 is 0 Å². The third-order valence-electron chi connectivity index (χ3n) is 5.00. The number of hydrogen-bond acceptors (Lipinski definition) is 1. The van der Waals surface area contributed by atoms with Crippen LogP contribution < -0.4 is 5.32 Å². The van der Waals surface area contributed by atoms with Gasteiger partial charge >= 0.3 is 0 Å². The summed E-state index contributed by atoms with van der Waals surface area (Å²) in [6, 6.07) is 0. The van der Waals surface area contributed by atoms with E-state index in [1.165, 1.54) is 57.9 Å². The highest BCUT2D eigenvalue weighted by Crippen LogP contribution is 2.34. The van der Waals surface area contributed by atoms with Crippen LogP contribution in [0.4, 0.5) is 0 Å². The molecule has 1 aliphatic carbocycles. The highest BCUT2D eigenvalue weighted by molar-refractivity contribution is 4.80. The van der Waals surface area contributed by atoms with E-state index in [-0.39, 0.29) is 5.54 Å². The third kappa shape index (κ3) is 6.79. The Bertz CT molecular complexity index is 224. The van der Waals surface area contributed by atoms with E-state index in [1.54, 1.807) is 0 Å². The van der Waals surface area contributed by atoms with Crippen LogP contribution in [0.15, 0.2) is 0 Å². The molecule has 2 unspecified atom stereocenters. The second kappa shape index (κ2) is 8.29. The molecule has 1 fully saturated rings. The Morgan fingerprint density at radius 3 is 2.05 bits per heavy atom. The van der Waals surface area contributed by atoms with Gasteiger partial charge in [0.05, 0.1) is 0 Å². The zero-order valence-electron chi connectivity index (χ0n) is 14.1. The Morgan fingerprint density at radius 1 is 0.947 bits per heavy atom. The minimum absolute atomic E-state index is 0.270. The lowest BCUT2D eigenvalue weighted by molar-refractivity contribution is 0.224. The van der Waals surface area contributed by atoms with Gasteiger partial charge in [-0.3, -0.25) is 0 Å². The van der Waals surface area contributed by atoms with E-state index in [1.807, 2.05) is 0 Å². The van der Waals surface area contributed by atoms with Gasteiger partial charge in [0.1, 0.15) is 0 Å². The molecule has 0 amide bonds. The lowest BCUT2D eigenvalue weighted by atomic mass is 9.79. The average molecular weight is 268 g/mol. The molecule has 1 N–H and O–H groups in total. The lowest BCUT2D eigenvalue weighted by Crippen LogP contribution is -2.40. The zero-order valence-corrected chi connectivity index (χ0v) is 14.1. The minimum Gasteiger partial charge on any atom is -0.312 e. The predicted molar refractivity (Wildman–Crippen MR) is 86.5 cm³/mol. The monoisotopic (exact) mass is 267 g/mol. The molecule has 0 saturated heterocycles. The number of rotatable bonds is 6. The van der Waals surface area contributed by atoms with Gasteiger partial charge in [0.25, 0.3) is 0 Å². The molecule has 1 heteroatoms. The average Bonchev–Trinajstić information content (AvgIpc) is 2.57. The standard InChI is InChI=1S/C18H37N/c1-6-15(7-2)13-16-11-9-8-10-12-17(16)14-19-18(3,4)5/h15-17,19H,6-14H2,1-5H3. The molecule has 114 valence electrons. The molecule has 0 aromatic rings. The summed E-state index contributed by atoms with van der Waals surface area (Å²) in [6.07, 6.45) is 11.5. The van der Waals surface area contributed by atoms with E-state index in [9.17, 15) is 0 Å². The molecule has 0 aromatic carbocycles. The molecule has 1 saturated carbocycles. The van der Waals surface area contributed by atoms with Crippen LogP contribution >= 0.6 is 0 Å². The fourth-order valence-corrected chi connectivity index (χ4v) is 3.53. The van der Waals surface area contributed by atoms with Crippen LogP contribution in [0, 0.1) is 17.8 Å². The maximum atomic E-state index is 3.76. The van der Waals surface area contributed by atoms with E-state index in [0.717, 1.165) is 17.8 Å². The summed E-state index contributed by atoms with van der Waals surface area (Å²) in [5.41, 5.74) is 0.270. The maximum Gasteiger partial charge on any atom is 0.00966 e. The van der Waals surface area contributed by atoms with E-state index in [0.29, 0.717) is 0 Å². The number of nitrogens with one attached hydrogen (secondary N) is 1. The largest absolute Gasteiger partial charge is 0.312 e. The van der Waals surface area contributed by atoms with Crippen molar-refractivity contribution in [3.05, 3.63) is 0 Å². The van der Waals surface area contributed by atoms with Gasteiger partial charge in [-0.05, 0) is 57.9 Å². The first-order valence-electron chi connectivity index (χ1n) is 8.71. The Balaban J connectivity index is 2.55. The molecule has 0 aliphatic heterocycles. The summed E-state index contributed by atoms with van der Waals surface area (Å²) < 4.78 is 0. The third-order valence-corrected chi connectivity index (χ3v) is 5.00. The predicted octanol–water partition coefficient (Wildman–Crippen LogP) is 5.40. The highest BCUT2D eigenvalue weighted by Gasteiger charge is 2.26. The number of hydrogen-bond donors (Lipinski definition) is 1. The van der Waals surface area contributed by atoms with Crippen LogP contribution in [-0.4, -0.2) is 12.1 Å². The molecule has 0 bridgehead atoms. The van der Waals surface area contributed by atoms with E-state index in [4.69, 9.17) is 0 Å². The topological polar surface area (TPSA) is 12.0 Å². The van der Waals surface area contributed by atoms with E-state index in [2.05, 4.69) is 39.9 Å². The lowest BCUT2D eigenvalue weighted by Gasteiger charge is -2.31. The molecule has 19 heavy (non-hydrogen) atoms. The van der Waals surface area contributed by atoms with Crippen LogP contribution in [0.3, 0.4) is 0 Å².